The predicted octanol–water partition coefficient (Wildman–Crippen LogP) is 3.18. The van der Waals surface area contributed by atoms with Crippen LogP contribution >= 0.6 is 0 Å². The molecule has 24 heavy (non-hydrogen) atoms. The van der Waals surface area contributed by atoms with Gasteiger partial charge >= 0.3 is 0 Å². The van der Waals surface area contributed by atoms with E-state index in [-0.39, 0.29) is 16.7 Å². The first-order chi connectivity index (χ1) is 11.4. The summed E-state index contributed by atoms with van der Waals surface area (Å²) in [5, 5.41) is 4.16. The number of aromatic nitrogens is 2. The number of aryl methyl sites for hydroxylation is 2. The van der Waals surface area contributed by atoms with Gasteiger partial charge in [-0.25, -0.2) is 0 Å². The van der Waals surface area contributed by atoms with E-state index in [4.69, 9.17) is 0 Å². The number of carbonyl (C=O) groups is 1. The number of hydrogen-bond donors (Lipinski definition) is 0. The van der Waals surface area contributed by atoms with Crippen LogP contribution in [0.2, 0.25) is 0 Å². The van der Waals surface area contributed by atoms with Crippen molar-refractivity contribution in [3.8, 4) is 0 Å². The fourth-order valence-corrected chi connectivity index (χ4v) is 3.89. The third-order valence-corrected chi connectivity index (χ3v) is 5.69. The lowest BCUT2D eigenvalue weighted by atomic mass is 9.87. The first-order valence-corrected chi connectivity index (χ1v) is 8.62. The summed E-state index contributed by atoms with van der Waals surface area (Å²) in [6, 6.07) is 12.6. The molecule has 1 aromatic carbocycles. The summed E-state index contributed by atoms with van der Waals surface area (Å²) < 4.78 is 1.84. The van der Waals surface area contributed by atoms with Crippen LogP contribution in [0.25, 0.3) is 0 Å². The summed E-state index contributed by atoms with van der Waals surface area (Å²) in [5.41, 5.74) is 2.78. The number of hydrogen-bond acceptors (Lipinski definition) is 2. The van der Waals surface area contributed by atoms with Gasteiger partial charge in [0, 0.05) is 44.4 Å². The zero-order chi connectivity index (χ0) is 17.4. The number of amides is 1. The van der Waals surface area contributed by atoms with Gasteiger partial charge in [-0.2, -0.15) is 5.10 Å². The summed E-state index contributed by atoms with van der Waals surface area (Å²) in [6.45, 7) is 5.39. The molecule has 0 saturated heterocycles. The third-order valence-electron chi connectivity index (χ3n) is 5.69. The minimum Gasteiger partial charge on any atom is -0.345 e. The SMILES string of the molecule is CN(CC1(c2ccccc2)CC1(C)C)C(=O)CCc1ccnn1C. The lowest BCUT2D eigenvalue weighted by molar-refractivity contribution is -0.130. The molecule has 1 amide bonds. The molecule has 2 aromatic rings. The van der Waals surface area contributed by atoms with Crippen LogP contribution in [0.5, 0.6) is 0 Å². The summed E-state index contributed by atoms with van der Waals surface area (Å²) in [7, 11) is 3.85. The van der Waals surface area contributed by atoms with Crippen molar-refractivity contribution in [2.75, 3.05) is 13.6 Å². The highest BCUT2D eigenvalue weighted by molar-refractivity contribution is 5.76. The molecule has 0 N–H and O–H groups in total. The van der Waals surface area contributed by atoms with Gasteiger partial charge in [-0.1, -0.05) is 44.2 Å². The zero-order valence-corrected chi connectivity index (χ0v) is 15.1. The van der Waals surface area contributed by atoms with E-state index in [0.29, 0.717) is 6.42 Å². The molecule has 3 rings (SSSR count). The highest BCUT2D eigenvalue weighted by atomic mass is 16.2. The number of benzene rings is 1. The van der Waals surface area contributed by atoms with Crippen molar-refractivity contribution in [3.05, 3.63) is 53.9 Å². The average molecular weight is 325 g/mol. The van der Waals surface area contributed by atoms with E-state index in [0.717, 1.165) is 25.1 Å². The summed E-state index contributed by atoms with van der Waals surface area (Å²) in [5.74, 6) is 0.203. The van der Waals surface area contributed by atoms with E-state index in [1.54, 1.807) is 6.20 Å². The van der Waals surface area contributed by atoms with E-state index in [1.165, 1.54) is 5.56 Å². The first-order valence-electron chi connectivity index (χ1n) is 8.62. The molecule has 1 saturated carbocycles. The number of rotatable bonds is 6. The maximum atomic E-state index is 12.6. The van der Waals surface area contributed by atoms with E-state index in [1.807, 2.05) is 29.7 Å². The molecule has 1 fully saturated rings. The second-order valence-electron chi connectivity index (χ2n) is 7.70. The van der Waals surface area contributed by atoms with Crippen LogP contribution in [-0.4, -0.2) is 34.2 Å². The molecule has 0 aliphatic heterocycles. The van der Waals surface area contributed by atoms with Gasteiger partial charge in [0.1, 0.15) is 0 Å². The Bertz CT molecular complexity index is 719. The van der Waals surface area contributed by atoms with Crippen LogP contribution < -0.4 is 0 Å². The van der Waals surface area contributed by atoms with Gasteiger partial charge in [0.05, 0.1) is 0 Å². The second kappa shape index (κ2) is 6.08. The van der Waals surface area contributed by atoms with Crippen molar-refractivity contribution in [2.45, 2.75) is 38.5 Å². The maximum absolute atomic E-state index is 12.6. The van der Waals surface area contributed by atoms with E-state index in [2.05, 4.69) is 49.3 Å². The largest absolute Gasteiger partial charge is 0.345 e. The topological polar surface area (TPSA) is 38.1 Å². The molecule has 1 atom stereocenters. The van der Waals surface area contributed by atoms with Crippen molar-refractivity contribution in [3.63, 3.8) is 0 Å². The highest BCUT2D eigenvalue weighted by Crippen LogP contribution is 2.64. The highest BCUT2D eigenvalue weighted by Gasteiger charge is 2.62. The Kier molecular flexibility index (Phi) is 4.24. The molecule has 4 heteroatoms. The van der Waals surface area contributed by atoms with Crippen LogP contribution in [0, 0.1) is 5.41 Å². The minimum absolute atomic E-state index is 0.0885. The number of likely N-dealkylation sites (N-methyl/N-ethyl adjacent to an activating group) is 1. The smallest absolute Gasteiger partial charge is 0.222 e. The van der Waals surface area contributed by atoms with Crippen molar-refractivity contribution < 1.29 is 4.79 Å². The van der Waals surface area contributed by atoms with E-state index >= 15 is 0 Å². The van der Waals surface area contributed by atoms with Crippen molar-refractivity contribution >= 4 is 5.91 Å². The minimum atomic E-state index is 0.0885. The Morgan fingerprint density at radius 2 is 1.92 bits per heavy atom. The van der Waals surface area contributed by atoms with E-state index in [9.17, 15) is 4.79 Å². The molecule has 4 nitrogen and oxygen atoms in total. The van der Waals surface area contributed by atoms with Gasteiger partial charge in [0.15, 0.2) is 0 Å². The van der Waals surface area contributed by atoms with Gasteiger partial charge < -0.3 is 4.90 Å². The Morgan fingerprint density at radius 1 is 1.25 bits per heavy atom. The van der Waals surface area contributed by atoms with Crippen molar-refractivity contribution in [2.24, 2.45) is 12.5 Å². The normalized spacial score (nSPS) is 21.5. The Labute approximate surface area is 144 Å². The Balaban J connectivity index is 1.66. The molecule has 0 bridgehead atoms. The van der Waals surface area contributed by atoms with E-state index < -0.39 is 0 Å². The fourth-order valence-electron chi connectivity index (χ4n) is 3.89. The molecule has 1 aromatic heterocycles. The predicted molar refractivity (Wildman–Crippen MR) is 95.7 cm³/mol. The van der Waals surface area contributed by atoms with Gasteiger partial charge in [0.25, 0.3) is 0 Å². The standard InChI is InChI=1S/C20H27N3O/c1-19(2)14-20(19,16-8-6-5-7-9-16)15-22(3)18(24)11-10-17-12-13-21-23(17)4/h5-9,12-13H,10-11,14-15H2,1-4H3. The van der Waals surface area contributed by atoms with Gasteiger partial charge in [0.2, 0.25) is 5.91 Å². The molecule has 1 heterocycles. The van der Waals surface area contributed by atoms with Gasteiger partial charge in [-0.15, -0.1) is 0 Å². The van der Waals surface area contributed by atoms with Crippen molar-refractivity contribution in [1.29, 1.82) is 0 Å². The first kappa shape index (κ1) is 16.7. The molecule has 1 aliphatic carbocycles. The molecule has 0 radical (unpaired) electrons. The molecule has 0 spiro atoms. The summed E-state index contributed by atoms with van der Waals surface area (Å²) in [6.07, 6.45) is 4.17. The molecule has 1 unspecified atom stereocenters. The van der Waals surface area contributed by atoms with Crippen LogP contribution in [-0.2, 0) is 23.7 Å². The number of nitrogens with zero attached hydrogens (tertiary/aromatic N) is 3. The lowest BCUT2D eigenvalue weighted by Crippen LogP contribution is -2.36. The van der Waals surface area contributed by atoms with Crippen LogP contribution in [0.3, 0.4) is 0 Å². The lowest BCUT2D eigenvalue weighted by Gasteiger charge is -2.28. The van der Waals surface area contributed by atoms with Crippen LogP contribution in [0.4, 0.5) is 0 Å². The quantitative estimate of drug-likeness (QED) is 0.818. The molecule has 1 aliphatic rings. The van der Waals surface area contributed by atoms with Crippen LogP contribution in [0.1, 0.15) is 37.9 Å². The zero-order valence-electron chi connectivity index (χ0n) is 15.1. The second-order valence-corrected chi connectivity index (χ2v) is 7.70. The average Bonchev–Trinajstić information content (AvgIpc) is 2.89. The maximum Gasteiger partial charge on any atom is 0.222 e. The summed E-state index contributed by atoms with van der Waals surface area (Å²) >= 11 is 0. The molecular weight excluding hydrogens is 298 g/mol. The monoisotopic (exact) mass is 325 g/mol. The summed E-state index contributed by atoms with van der Waals surface area (Å²) in [4.78, 5) is 14.5. The Morgan fingerprint density at radius 3 is 2.46 bits per heavy atom. The van der Waals surface area contributed by atoms with Gasteiger partial charge in [-0.3, -0.25) is 9.48 Å². The Hall–Kier alpha value is -2.10. The molecule has 128 valence electrons. The third kappa shape index (κ3) is 2.97. The fraction of sp³-hybridized carbons (Fsp3) is 0.500. The van der Waals surface area contributed by atoms with Crippen molar-refractivity contribution in [1.82, 2.24) is 14.7 Å². The van der Waals surface area contributed by atoms with Gasteiger partial charge in [-0.05, 0) is 29.9 Å². The number of carbonyl (C=O) groups excluding carboxylic acids is 1. The van der Waals surface area contributed by atoms with Crippen LogP contribution in [0.15, 0.2) is 42.6 Å². The molecular formula is C20H27N3O.